The highest BCUT2D eigenvalue weighted by molar-refractivity contribution is 8.76. The Labute approximate surface area is 81.1 Å². The summed E-state index contributed by atoms with van der Waals surface area (Å²) in [5, 5.41) is 15.0. The summed E-state index contributed by atoms with van der Waals surface area (Å²) in [5.41, 5.74) is 0. The first-order chi connectivity index (χ1) is 5.91. The Kier molecular flexibility index (Phi) is 10.8. The molecule has 0 aromatic carbocycles. The molecule has 0 spiro atoms. The standard InChI is InChI=1S/C6H14N4S2/c1-7-9-3-5-11-12-6-4-10-8-2/h3-6H2,1-2H3. The van der Waals surface area contributed by atoms with Crippen molar-refractivity contribution in [3.8, 4) is 0 Å². The molecule has 0 unspecified atom stereocenters. The van der Waals surface area contributed by atoms with Crippen LogP contribution in [-0.2, 0) is 0 Å². The summed E-state index contributed by atoms with van der Waals surface area (Å²) in [5.74, 6) is 2.04. The molecule has 0 aliphatic carbocycles. The van der Waals surface area contributed by atoms with Crippen molar-refractivity contribution in [3.05, 3.63) is 0 Å². The molecule has 0 amide bonds. The van der Waals surface area contributed by atoms with Gasteiger partial charge in [0.05, 0.1) is 13.1 Å². The molecule has 70 valence electrons. The van der Waals surface area contributed by atoms with Crippen molar-refractivity contribution in [3.63, 3.8) is 0 Å². The Hall–Kier alpha value is -0.100. The van der Waals surface area contributed by atoms with Crippen LogP contribution < -0.4 is 0 Å². The fraction of sp³-hybridized carbons (Fsp3) is 1.00. The van der Waals surface area contributed by atoms with E-state index in [2.05, 4.69) is 20.5 Å². The van der Waals surface area contributed by atoms with E-state index in [4.69, 9.17) is 0 Å². The highest BCUT2D eigenvalue weighted by Gasteiger charge is 1.88. The van der Waals surface area contributed by atoms with Crippen LogP contribution in [0.15, 0.2) is 20.5 Å². The van der Waals surface area contributed by atoms with Crippen LogP contribution in [-0.4, -0.2) is 38.7 Å². The summed E-state index contributed by atoms with van der Waals surface area (Å²) < 4.78 is 0. The van der Waals surface area contributed by atoms with E-state index < -0.39 is 0 Å². The molecule has 0 rings (SSSR count). The van der Waals surface area contributed by atoms with E-state index in [1.165, 1.54) is 0 Å². The van der Waals surface area contributed by atoms with E-state index in [0.29, 0.717) is 0 Å². The molecule has 0 N–H and O–H groups in total. The molecule has 0 saturated heterocycles. The smallest absolute Gasteiger partial charge is 0.0697 e. The molecular weight excluding hydrogens is 192 g/mol. The SMILES string of the molecule is CN=NCCSSCCN=NC. The minimum absolute atomic E-state index is 0.809. The molecule has 0 saturated carbocycles. The van der Waals surface area contributed by atoms with Crippen LogP contribution in [0.2, 0.25) is 0 Å². The Morgan fingerprint density at radius 1 is 0.833 bits per heavy atom. The van der Waals surface area contributed by atoms with E-state index in [9.17, 15) is 0 Å². The molecule has 0 atom stereocenters. The van der Waals surface area contributed by atoms with Crippen molar-refractivity contribution in [1.29, 1.82) is 0 Å². The van der Waals surface area contributed by atoms with Gasteiger partial charge in [-0.05, 0) is 0 Å². The number of hydrogen-bond acceptors (Lipinski definition) is 6. The second-order valence-corrected chi connectivity index (χ2v) is 4.48. The quantitative estimate of drug-likeness (QED) is 0.365. The van der Waals surface area contributed by atoms with Crippen molar-refractivity contribution >= 4 is 21.6 Å². The zero-order valence-corrected chi connectivity index (χ0v) is 9.07. The van der Waals surface area contributed by atoms with Crippen molar-refractivity contribution in [2.75, 3.05) is 38.7 Å². The average molecular weight is 206 g/mol. The molecule has 0 fully saturated rings. The molecule has 0 bridgehead atoms. The first-order valence-corrected chi connectivity index (χ1v) is 6.16. The molecule has 0 aliphatic heterocycles. The van der Waals surface area contributed by atoms with Gasteiger partial charge < -0.3 is 0 Å². The van der Waals surface area contributed by atoms with Gasteiger partial charge in [0.25, 0.3) is 0 Å². The predicted octanol–water partition coefficient (Wildman–Crippen LogP) is 2.53. The maximum Gasteiger partial charge on any atom is 0.0697 e. The Bertz CT molecular complexity index is 122. The normalized spacial score (nSPS) is 11.8. The number of azo groups is 2. The maximum absolute atomic E-state index is 3.85. The van der Waals surface area contributed by atoms with E-state index in [0.717, 1.165) is 24.6 Å². The highest BCUT2D eigenvalue weighted by atomic mass is 33.1. The van der Waals surface area contributed by atoms with Crippen molar-refractivity contribution in [2.24, 2.45) is 20.5 Å². The summed E-state index contributed by atoms with van der Waals surface area (Å²) in [6.45, 7) is 1.62. The summed E-state index contributed by atoms with van der Waals surface area (Å²) in [6.07, 6.45) is 0. The molecule has 0 heterocycles. The molecule has 12 heavy (non-hydrogen) atoms. The fourth-order valence-corrected chi connectivity index (χ4v) is 2.18. The zero-order valence-electron chi connectivity index (χ0n) is 7.43. The van der Waals surface area contributed by atoms with Gasteiger partial charge in [0, 0.05) is 25.6 Å². The summed E-state index contributed by atoms with van der Waals surface area (Å²) in [7, 11) is 7.00. The second kappa shape index (κ2) is 10.9. The lowest BCUT2D eigenvalue weighted by molar-refractivity contribution is 0.984. The summed E-state index contributed by atoms with van der Waals surface area (Å²) >= 11 is 0. The lowest BCUT2D eigenvalue weighted by Gasteiger charge is -1.94. The minimum Gasteiger partial charge on any atom is -0.198 e. The van der Waals surface area contributed by atoms with Gasteiger partial charge in [-0.15, -0.1) is 0 Å². The first kappa shape index (κ1) is 11.9. The largest absolute Gasteiger partial charge is 0.198 e. The van der Waals surface area contributed by atoms with Crippen LogP contribution in [0, 0.1) is 0 Å². The topological polar surface area (TPSA) is 49.4 Å². The second-order valence-electron chi connectivity index (χ2n) is 1.77. The van der Waals surface area contributed by atoms with Gasteiger partial charge in [-0.1, -0.05) is 21.6 Å². The lowest BCUT2D eigenvalue weighted by Crippen LogP contribution is -1.84. The Balaban J connectivity index is 2.91. The lowest BCUT2D eigenvalue weighted by atomic mass is 10.8. The van der Waals surface area contributed by atoms with Crippen LogP contribution in [0.4, 0.5) is 0 Å². The molecule has 0 aromatic rings. The number of nitrogens with zero attached hydrogens (tertiary/aromatic N) is 4. The first-order valence-electron chi connectivity index (χ1n) is 3.67. The fourth-order valence-electron chi connectivity index (χ4n) is 0.474. The summed E-state index contributed by atoms with van der Waals surface area (Å²) in [6, 6.07) is 0. The van der Waals surface area contributed by atoms with Gasteiger partial charge in [0.1, 0.15) is 0 Å². The highest BCUT2D eigenvalue weighted by Crippen LogP contribution is 2.20. The zero-order chi connectivity index (χ0) is 9.07. The van der Waals surface area contributed by atoms with E-state index in [-0.39, 0.29) is 0 Å². The van der Waals surface area contributed by atoms with Crippen LogP contribution in [0.3, 0.4) is 0 Å². The summed E-state index contributed by atoms with van der Waals surface area (Å²) in [4.78, 5) is 0. The van der Waals surface area contributed by atoms with Crippen LogP contribution in [0.5, 0.6) is 0 Å². The van der Waals surface area contributed by atoms with Crippen LogP contribution in [0.1, 0.15) is 0 Å². The Morgan fingerprint density at radius 3 is 1.58 bits per heavy atom. The molecule has 0 aromatic heterocycles. The molecule has 6 heteroatoms. The maximum atomic E-state index is 3.85. The average Bonchev–Trinajstić information content (AvgIpc) is 2.10. The number of hydrogen-bond donors (Lipinski definition) is 0. The Morgan fingerprint density at radius 2 is 1.25 bits per heavy atom. The van der Waals surface area contributed by atoms with Crippen LogP contribution in [0.25, 0.3) is 0 Å². The molecule has 0 aliphatic rings. The molecule has 0 radical (unpaired) electrons. The van der Waals surface area contributed by atoms with E-state index in [1.54, 1.807) is 35.7 Å². The van der Waals surface area contributed by atoms with Gasteiger partial charge in [0.2, 0.25) is 0 Å². The van der Waals surface area contributed by atoms with E-state index in [1.807, 2.05) is 0 Å². The van der Waals surface area contributed by atoms with Gasteiger partial charge >= 0.3 is 0 Å². The van der Waals surface area contributed by atoms with Gasteiger partial charge in [-0.2, -0.15) is 20.5 Å². The van der Waals surface area contributed by atoms with Gasteiger partial charge in [-0.25, -0.2) is 0 Å². The van der Waals surface area contributed by atoms with Crippen LogP contribution >= 0.6 is 21.6 Å². The molecule has 4 nitrogen and oxygen atoms in total. The van der Waals surface area contributed by atoms with Gasteiger partial charge in [0.15, 0.2) is 0 Å². The van der Waals surface area contributed by atoms with Crippen molar-refractivity contribution in [1.82, 2.24) is 0 Å². The van der Waals surface area contributed by atoms with Crippen molar-refractivity contribution < 1.29 is 0 Å². The third-order valence-electron chi connectivity index (χ3n) is 0.915. The van der Waals surface area contributed by atoms with Crippen molar-refractivity contribution in [2.45, 2.75) is 0 Å². The van der Waals surface area contributed by atoms with E-state index >= 15 is 0 Å². The van der Waals surface area contributed by atoms with Gasteiger partial charge in [-0.3, -0.25) is 0 Å². The predicted molar refractivity (Wildman–Crippen MR) is 56.2 cm³/mol. The number of rotatable bonds is 7. The minimum atomic E-state index is 0.809. The third kappa shape index (κ3) is 9.90. The third-order valence-corrected chi connectivity index (χ3v) is 3.28. The monoisotopic (exact) mass is 206 g/mol. The molecular formula is C6H14N4S2.